The van der Waals surface area contributed by atoms with Gasteiger partial charge in [0, 0.05) is 5.57 Å². The first-order valence-corrected chi connectivity index (χ1v) is 4.90. The van der Waals surface area contributed by atoms with Gasteiger partial charge in [0.15, 0.2) is 5.60 Å². The number of esters is 1. The number of ether oxygens (including phenoxy) is 2. The lowest BCUT2D eigenvalue weighted by Crippen LogP contribution is -2.48. The van der Waals surface area contributed by atoms with Crippen molar-refractivity contribution in [2.24, 2.45) is 5.92 Å². The zero-order valence-corrected chi connectivity index (χ0v) is 9.42. The second kappa shape index (κ2) is 4.50. The first kappa shape index (κ1) is 11.8. The summed E-state index contributed by atoms with van der Waals surface area (Å²) in [7, 11) is 0. The number of carbonyl (C=O) groups is 1. The summed E-state index contributed by atoms with van der Waals surface area (Å²) >= 11 is 0. The van der Waals surface area contributed by atoms with Gasteiger partial charge < -0.3 is 9.47 Å². The highest BCUT2D eigenvalue weighted by atomic mass is 16.6. The quantitative estimate of drug-likeness (QED) is 0.401. The fourth-order valence-electron chi connectivity index (χ4n) is 1.29. The number of hydrogen-bond donors (Lipinski definition) is 0. The van der Waals surface area contributed by atoms with Gasteiger partial charge in [0.1, 0.15) is 0 Å². The van der Waals surface area contributed by atoms with E-state index in [1.807, 2.05) is 6.92 Å². The Morgan fingerprint density at radius 3 is 2.53 bits per heavy atom. The summed E-state index contributed by atoms with van der Waals surface area (Å²) in [6, 6.07) is 0. The van der Waals surface area contributed by atoms with Gasteiger partial charge in [0.2, 0.25) is 0 Å². The molecule has 15 heavy (non-hydrogen) atoms. The molecule has 0 aromatic rings. The Kier molecular flexibility index (Phi) is 3.54. The molecule has 0 saturated carbocycles. The van der Waals surface area contributed by atoms with E-state index in [2.05, 4.69) is 18.4 Å². The van der Waals surface area contributed by atoms with Crippen molar-refractivity contribution in [1.29, 1.82) is 0 Å². The smallest absolute Gasteiger partial charge is 0.334 e. The maximum absolute atomic E-state index is 11.4. The van der Waals surface area contributed by atoms with Crippen LogP contribution < -0.4 is 0 Å². The summed E-state index contributed by atoms with van der Waals surface area (Å²) in [6.45, 7) is 9.90. The molecular weight excluding hydrogens is 192 g/mol. The highest BCUT2D eigenvalue weighted by Crippen LogP contribution is 2.28. The van der Waals surface area contributed by atoms with Crippen molar-refractivity contribution in [1.82, 2.24) is 0 Å². The van der Waals surface area contributed by atoms with Crippen LogP contribution in [0.4, 0.5) is 0 Å². The Labute approximate surface area is 90.4 Å². The van der Waals surface area contributed by atoms with E-state index in [1.165, 1.54) is 0 Å². The molecule has 1 unspecified atom stereocenters. The zero-order chi connectivity index (χ0) is 11.5. The molecule has 3 heteroatoms. The largest absolute Gasteiger partial charge is 0.442 e. The van der Waals surface area contributed by atoms with Gasteiger partial charge in [0.05, 0.1) is 19.1 Å². The summed E-state index contributed by atoms with van der Waals surface area (Å²) in [5.41, 5.74) is -0.359. The molecule has 0 aromatic heterocycles. The molecule has 0 bridgehead atoms. The SMILES string of the molecule is C=C(C)C(=O)OC(C)(C#CC)C1COC1. The average Bonchev–Trinajstić information content (AvgIpc) is 1.99. The summed E-state index contributed by atoms with van der Waals surface area (Å²) in [5.74, 6) is 5.49. The third kappa shape index (κ3) is 2.60. The van der Waals surface area contributed by atoms with E-state index in [0.717, 1.165) is 0 Å². The highest BCUT2D eigenvalue weighted by molar-refractivity contribution is 5.87. The molecular formula is C12H16O3. The van der Waals surface area contributed by atoms with E-state index in [9.17, 15) is 4.79 Å². The Morgan fingerprint density at radius 1 is 1.60 bits per heavy atom. The van der Waals surface area contributed by atoms with Crippen LogP contribution in [0.3, 0.4) is 0 Å². The van der Waals surface area contributed by atoms with Crippen LogP contribution in [-0.4, -0.2) is 24.8 Å². The van der Waals surface area contributed by atoms with Gasteiger partial charge in [-0.25, -0.2) is 4.79 Å². The van der Waals surface area contributed by atoms with Crippen LogP contribution in [-0.2, 0) is 14.3 Å². The van der Waals surface area contributed by atoms with Crippen molar-refractivity contribution in [3.05, 3.63) is 12.2 Å². The highest BCUT2D eigenvalue weighted by Gasteiger charge is 2.41. The lowest BCUT2D eigenvalue weighted by Gasteiger charge is -2.38. The number of carbonyl (C=O) groups excluding carboxylic acids is 1. The van der Waals surface area contributed by atoms with E-state index in [1.54, 1.807) is 13.8 Å². The van der Waals surface area contributed by atoms with Crippen LogP contribution in [0.25, 0.3) is 0 Å². The molecule has 0 spiro atoms. The van der Waals surface area contributed by atoms with Gasteiger partial charge >= 0.3 is 5.97 Å². The van der Waals surface area contributed by atoms with E-state index < -0.39 is 11.6 Å². The molecule has 3 nitrogen and oxygen atoms in total. The second-order valence-corrected chi connectivity index (χ2v) is 3.89. The van der Waals surface area contributed by atoms with Crippen LogP contribution in [0.2, 0.25) is 0 Å². The molecule has 1 rings (SSSR count). The number of hydrogen-bond acceptors (Lipinski definition) is 3. The van der Waals surface area contributed by atoms with E-state index in [-0.39, 0.29) is 5.92 Å². The minimum Gasteiger partial charge on any atom is -0.442 e. The van der Waals surface area contributed by atoms with Crippen LogP contribution in [0.5, 0.6) is 0 Å². The molecule has 0 radical (unpaired) electrons. The molecule has 1 aliphatic heterocycles. The van der Waals surface area contributed by atoms with Crippen molar-refractivity contribution in [3.8, 4) is 11.8 Å². The predicted molar refractivity (Wildman–Crippen MR) is 57.1 cm³/mol. The fraction of sp³-hybridized carbons (Fsp3) is 0.583. The third-order valence-electron chi connectivity index (χ3n) is 2.44. The fourth-order valence-corrected chi connectivity index (χ4v) is 1.29. The van der Waals surface area contributed by atoms with Gasteiger partial charge in [-0.1, -0.05) is 12.5 Å². The molecule has 1 saturated heterocycles. The van der Waals surface area contributed by atoms with E-state index >= 15 is 0 Å². The summed E-state index contributed by atoms with van der Waals surface area (Å²) < 4.78 is 10.4. The van der Waals surface area contributed by atoms with Gasteiger partial charge in [-0.2, -0.15) is 0 Å². The van der Waals surface area contributed by atoms with Gasteiger partial charge in [0.25, 0.3) is 0 Å². The van der Waals surface area contributed by atoms with Gasteiger partial charge in [-0.05, 0) is 20.8 Å². The van der Waals surface area contributed by atoms with Crippen LogP contribution in [0, 0.1) is 17.8 Å². The van der Waals surface area contributed by atoms with Crippen molar-refractivity contribution in [2.75, 3.05) is 13.2 Å². The molecule has 1 heterocycles. The summed E-state index contributed by atoms with van der Waals surface area (Å²) in [6.07, 6.45) is 0. The molecule has 1 fully saturated rings. The van der Waals surface area contributed by atoms with Gasteiger partial charge in [-0.15, -0.1) is 5.92 Å². The van der Waals surface area contributed by atoms with Crippen molar-refractivity contribution in [3.63, 3.8) is 0 Å². The molecule has 1 atom stereocenters. The monoisotopic (exact) mass is 208 g/mol. The minimum absolute atomic E-state index is 0.160. The summed E-state index contributed by atoms with van der Waals surface area (Å²) in [4.78, 5) is 11.4. The standard InChI is InChI=1S/C12H16O3/c1-5-6-12(4,10-7-14-8-10)15-11(13)9(2)3/h10H,2,7-8H2,1,3-4H3. The molecule has 0 aliphatic carbocycles. The maximum Gasteiger partial charge on any atom is 0.334 e. The molecule has 1 aliphatic rings. The topological polar surface area (TPSA) is 35.5 Å². The Hall–Kier alpha value is -1.27. The number of rotatable bonds is 3. The molecule has 0 N–H and O–H groups in total. The Morgan fingerprint density at radius 2 is 2.20 bits per heavy atom. The normalized spacial score (nSPS) is 19.1. The lowest BCUT2D eigenvalue weighted by molar-refractivity contribution is -0.169. The maximum atomic E-state index is 11.4. The van der Waals surface area contributed by atoms with Crippen LogP contribution in [0.15, 0.2) is 12.2 Å². The van der Waals surface area contributed by atoms with Crippen molar-refractivity contribution >= 4 is 5.97 Å². The molecule has 0 amide bonds. The molecule has 0 aromatic carbocycles. The first-order chi connectivity index (χ1) is 6.99. The van der Waals surface area contributed by atoms with E-state index in [4.69, 9.17) is 9.47 Å². The Bertz CT molecular complexity index is 331. The van der Waals surface area contributed by atoms with Crippen LogP contribution in [0.1, 0.15) is 20.8 Å². The zero-order valence-electron chi connectivity index (χ0n) is 9.42. The lowest BCUT2D eigenvalue weighted by atomic mass is 9.87. The van der Waals surface area contributed by atoms with E-state index in [0.29, 0.717) is 18.8 Å². The summed E-state index contributed by atoms with van der Waals surface area (Å²) in [5, 5.41) is 0. The Balaban J connectivity index is 2.75. The minimum atomic E-state index is -0.747. The predicted octanol–water partition coefficient (Wildman–Crippen LogP) is 1.53. The molecule has 82 valence electrons. The first-order valence-electron chi connectivity index (χ1n) is 4.90. The van der Waals surface area contributed by atoms with Crippen molar-refractivity contribution in [2.45, 2.75) is 26.4 Å². The second-order valence-electron chi connectivity index (χ2n) is 3.89. The third-order valence-corrected chi connectivity index (χ3v) is 2.44. The van der Waals surface area contributed by atoms with Crippen LogP contribution >= 0.6 is 0 Å². The average molecular weight is 208 g/mol. The van der Waals surface area contributed by atoms with Gasteiger partial charge in [-0.3, -0.25) is 0 Å². The van der Waals surface area contributed by atoms with Crippen molar-refractivity contribution < 1.29 is 14.3 Å².